The van der Waals surface area contributed by atoms with Crippen molar-refractivity contribution in [3.05, 3.63) is 74.2 Å². The fraction of sp³-hybridized carbons (Fsp3) is 0.250. The molecule has 3 aromatic rings. The zero-order chi connectivity index (χ0) is 19.2. The van der Waals surface area contributed by atoms with E-state index in [1.54, 1.807) is 23.5 Å². The molecule has 0 fully saturated rings. The molecule has 7 heteroatoms. The number of aromatic nitrogens is 1. The molecule has 3 rings (SSSR count). The smallest absolute Gasteiger partial charge is 0.131 e. The van der Waals surface area contributed by atoms with Gasteiger partial charge >= 0.3 is 0 Å². The largest absolute Gasteiger partial charge is 0.497 e. The lowest BCUT2D eigenvalue weighted by molar-refractivity contribution is 0.240. The lowest BCUT2D eigenvalue weighted by Gasteiger charge is -2.15. The Morgan fingerprint density at radius 3 is 2.33 bits per heavy atom. The second kappa shape index (κ2) is 9.19. The second-order valence-electron chi connectivity index (χ2n) is 5.92. The average molecular weight is 406 g/mol. The summed E-state index contributed by atoms with van der Waals surface area (Å²) in [6.45, 7) is -0.166. The molecule has 0 amide bonds. The quantitative estimate of drug-likeness (QED) is 0.593. The predicted octanol–water partition coefficient (Wildman–Crippen LogP) is 3.96. The van der Waals surface area contributed by atoms with Gasteiger partial charge in [0, 0.05) is 28.0 Å². The third-order valence-electron chi connectivity index (χ3n) is 4.02. The Balaban J connectivity index is 1.70. The molecule has 0 aliphatic heterocycles. The van der Waals surface area contributed by atoms with Crippen LogP contribution in [0.25, 0.3) is 0 Å². The van der Waals surface area contributed by atoms with E-state index >= 15 is 0 Å². The van der Waals surface area contributed by atoms with Crippen LogP contribution in [-0.4, -0.2) is 22.3 Å². The van der Waals surface area contributed by atoms with E-state index < -0.39 is 0 Å². The molecule has 0 spiro atoms. The zero-order valence-corrected chi connectivity index (χ0v) is 16.4. The summed E-state index contributed by atoms with van der Waals surface area (Å²) in [5.74, 6) is 1.03. The van der Waals surface area contributed by atoms with Crippen molar-refractivity contribution in [3.63, 3.8) is 0 Å². The van der Waals surface area contributed by atoms with E-state index in [2.05, 4.69) is 4.98 Å². The van der Waals surface area contributed by atoms with Crippen LogP contribution in [-0.2, 0) is 26.2 Å². The van der Waals surface area contributed by atoms with Crippen LogP contribution in [0.5, 0.6) is 11.5 Å². The molecule has 0 radical (unpaired) electrons. The molecule has 2 N–H and O–H groups in total. The molecular weight excluding hydrogens is 386 g/mol. The van der Waals surface area contributed by atoms with E-state index in [1.165, 1.54) is 7.11 Å². The normalized spacial score (nSPS) is 10.8. The van der Waals surface area contributed by atoms with Crippen LogP contribution in [0.2, 0.25) is 5.02 Å². The van der Waals surface area contributed by atoms with Crippen LogP contribution in [0.15, 0.2) is 41.8 Å². The van der Waals surface area contributed by atoms with Gasteiger partial charge in [-0.15, -0.1) is 11.3 Å². The molecule has 0 bridgehead atoms. The fourth-order valence-corrected chi connectivity index (χ4v) is 3.62. The van der Waals surface area contributed by atoms with Crippen LogP contribution in [0.4, 0.5) is 0 Å². The summed E-state index contributed by atoms with van der Waals surface area (Å²) in [7, 11) is 1.54. The summed E-state index contributed by atoms with van der Waals surface area (Å²) < 4.78 is 11.1. The standard InChI is InChI=1S/C20H20ClNO4S/c1-25-18-7-14(9-23)20(15(8-18)10-24)26-11-17-12-27-19(22-17)6-13-2-4-16(21)5-3-13/h2-5,7-8,12,23-24H,6,9-11H2,1H3. The minimum Gasteiger partial charge on any atom is -0.497 e. The topological polar surface area (TPSA) is 71.8 Å². The average Bonchev–Trinajstić information content (AvgIpc) is 3.14. The van der Waals surface area contributed by atoms with Gasteiger partial charge in [0.25, 0.3) is 0 Å². The van der Waals surface area contributed by atoms with E-state index in [-0.39, 0.29) is 19.8 Å². The summed E-state index contributed by atoms with van der Waals surface area (Å²) in [6.07, 6.45) is 0.730. The maximum atomic E-state index is 9.60. The van der Waals surface area contributed by atoms with E-state index in [0.717, 1.165) is 22.7 Å². The molecule has 2 aromatic carbocycles. The molecule has 0 saturated heterocycles. The minimum atomic E-state index is -0.210. The maximum absolute atomic E-state index is 9.60. The number of nitrogens with zero attached hydrogens (tertiary/aromatic N) is 1. The summed E-state index contributed by atoms with van der Waals surface area (Å²) in [4.78, 5) is 4.60. The summed E-state index contributed by atoms with van der Waals surface area (Å²) in [6, 6.07) is 11.1. The Hall–Kier alpha value is -2.12. The zero-order valence-electron chi connectivity index (χ0n) is 14.8. The van der Waals surface area contributed by atoms with Crippen molar-refractivity contribution >= 4 is 22.9 Å². The Morgan fingerprint density at radius 2 is 1.74 bits per heavy atom. The molecule has 0 saturated carbocycles. The number of benzene rings is 2. The molecule has 5 nitrogen and oxygen atoms in total. The van der Waals surface area contributed by atoms with Crippen molar-refractivity contribution in [3.8, 4) is 11.5 Å². The fourth-order valence-electron chi connectivity index (χ4n) is 2.68. The maximum Gasteiger partial charge on any atom is 0.131 e. The molecule has 0 aliphatic rings. The molecule has 0 aliphatic carbocycles. The number of aliphatic hydroxyl groups excluding tert-OH is 2. The van der Waals surface area contributed by atoms with Crippen LogP contribution in [0.1, 0.15) is 27.4 Å². The van der Waals surface area contributed by atoms with Gasteiger partial charge in [-0.2, -0.15) is 0 Å². The molecule has 1 heterocycles. The molecule has 0 atom stereocenters. The van der Waals surface area contributed by atoms with E-state index in [4.69, 9.17) is 21.1 Å². The van der Waals surface area contributed by atoms with Gasteiger partial charge in [-0.1, -0.05) is 23.7 Å². The van der Waals surface area contributed by atoms with Crippen molar-refractivity contribution < 1.29 is 19.7 Å². The highest BCUT2D eigenvalue weighted by atomic mass is 35.5. The number of aliphatic hydroxyl groups is 2. The van der Waals surface area contributed by atoms with Crippen molar-refractivity contribution in [2.45, 2.75) is 26.2 Å². The first-order chi connectivity index (χ1) is 13.1. The van der Waals surface area contributed by atoms with Crippen LogP contribution >= 0.6 is 22.9 Å². The van der Waals surface area contributed by atoms with Gasteiger partial charge in [-0.05, 0) is 29.8 Å². The Bertz CT molecular complexity index is 870. The number of thiazole rings is 1. The lowest BCUT2D eigenvalue weighted by atomic mass is 10.1. The van der Waals surface area contributed by atoms with Crippen molar-refractivity contribution in [1.82, 2.24) is 4.98 Å². The van der Waals surface area contributed by atoms with E-state index in [9.17, 15) is 10.2 Å². The third-order valence-corrected chi connectivity index (χ3v) is 5.17. The van der Waals surface area contributed by atoms with Gasteiger partial charge in [0.15, 0.2) is 0 Å². The van der Waals surface area contributed by atoms with Crippen LogP contribution in [0.3, 0.4) is 0 Å². The molecule has 142 valence electrons. The number of hydrogen-bond donors (Lipinski definition) is 2. The minimum absolute atomic E-state index is 0.210. The number of hydrogen-bond acceptors (Lipinski definition) is 6. The van der Waals surface area contributed by atoms with E-state index in [0.29, 0.717) is 27.6 Å². The highest BCUT2D eigenvalue weighted by Crippen LogP contribution is 2.31. The first-order valence-electron chi connectivity index (χ1n) is 8.35. The van der Waals surface area contributed by atoms with Gasteiger partial charge in [0.05, 0.1) is 31.0 Å². The van der Waals surface area contributed by atoms with Gasteiger partial charge < -0.3 is 19.7 Å². The third kappa shape index (κ3) is 4.99. The Labute approximate surface area is 166 Å². The van der Waals surface area contributed by atoms with Gasteiger partial charge in [0.1, 0.15) is 18.1 Å². The van der Waals surface area contributed by atoms with Crippen molar-refractivity contribution in [1.29, 1.82) is 0 Å². The highest BCUT2D eigenvalue weighted by molar-refractivity contribution is 7.09. The summed E-state index contributed by atoms with van der Waals surface area (Å²) >= 11 is 7.48. The van der Waals surface area contributed by atoms with Crippen LogP contribution in [0, 0.1) is 0 Å². The Kier molecular flexibility index (Phi) is 6.68. The highest BCUT2D eigenvalue weighted by Gasteiger charge is 2.13. The van der Waals surface area contributed by atoms with Gasteiger partial charge in [0.2, 0.25) is 0 Å². The van der Waals surface area contributed by atoms with E-state index in [1.807, 2.05) is 29.6 Å². The number of halogens is 1. The molecular formula is C20H20ClNO4S. The van der Waals surface area contributed by atoms with Crippen molar-refractivity contribution in [2.75, 3.05) is 7.11 Å². The second-order valence-corrected chi connectivity index (χ2v) is 7.29. The number of ether oxygens (including phenoxy) is 2. The van der Waals surface area contributed by atoms with Gasteiger partial charge in [-0.25, -0.2) is 4.98 Å². The van der Waals surface area contributed by atoms with Crippen LogP contribution < -0.4 is 9.47 Å². The SMILES string of the molecule is COc1cc(CO)c(OCc2csc(Cc3ccc(Cl)cc3)n2)c(CO)c1. The van der Waals surface area contributed by atoms with Gasteiger partial charge in [-0.3, -0.25) is 0 Å². The first-order valence-corrected chi connectivity index (χ1v) is 9.60. The van der Waals surface area contributed by atoms with Crippen molar-refractivity contribution in [2.24, 2.45) is 0 Å². The first kappa shape index (κ1) is 19.6. The molecule has 1 aromatic heterocycles. The summed E-state index contributed by atoms with van der Waals surface area (Å²) in [5, 5.41) is 22.9. The number of methoxy groups -OCH3 is 1. The molecule has 0 unspecified atom stereocenters. The summed E-state index contributed by atoms with van der Waals surface area (Å²) in [5.41, 5.74) is 3.07. The molecule has 27 heavy (non-hydrogen) atoms. The number of rotatable bonds is 8. The lowest BCUT2D eigenvalue weighted by Crippen LogP contribution is -2.04. The predicted molar refractivity (Wildman–Crippen MR) is 106 cm³/mol. The Morgan fingerprint density at radius 1 is 1.07 bits per heavy atom. The monoisotopic (exact) mass is 405 g/mol.